The highest BCUT2D eigenvalue weighted by Crippen LogP contribution is 2.58. The van der Waals surface area contributed by atoms with Gasteiger partial charge in [-0.2, -0.15) is 0 Å². The van der Waals surface area contributed by atoms with Crippen LogP contribution < -0.4 is 0 Å². The molecule has 100 valence electrons. The van der Waals surface area contributed by atoms with E-state index < -0.39 is 5.97 Å². The van der Waals surface area contributed by atoms with E-state index in [2.05, 4.69) is 18.4 Å². The Balaban J connectivity index is 2.04. The fourth-order valence-electron chi connectivity index (χ4n) is 2.71. The molecule has 3 rings (SSSR count). The molecular weight excluding hydrogens is 240 g/mol. The predicted octanol–water partition coefficient (Wildman–Crippen LogP) is 3.02. The summed E-state index contributed by atoms with van der Waals surface area (Å²) in [5.74, 6) is 0.736. The van der Waals surface area contributed by atoms with E-state index in [0.717, 1.165) is 23.3 Å². The Morgan fingerprint density at radius 1 is 1.47 bits per heavy atom. The number of carboxylic acid groups (broad SMARTS) is 1. The number of aryl methyl sites for hydroxylation is 1. The van der Waals surface area contributed by atoms with Crippen LogP contribution in [-0.4, -0.2) is 20.6 Å². The number of carbonyl (C=O) groups is 1. The van der Waals surface area contributed by atoms with Crippen LogP contribution in [0.5, 0.6) is 0 Å². The number of aliphatic carboxylic acids is 1. The van der Waals surface area contributed by atoms with E-state index in [4.69, 9.17) is 10.1 Å². The minimum absolute atomic E-state index is 0.139. The highest BCUT2D eigenvalue weighted by atomic mass is 16.4. The molecule has 0 bridgehead atoms. The average Bonchev–Trinajstić information content (AvgIpc) is 2.84. The van der Waals surface area contributed by atoms with Crippen LogP contribution in [0.15, 0.2) is 24.3 Å². The van der Waals surface area contributed by atoms with Crippen molar-refractivity contribution in [1.29, 1.82) is 0 Å². The molecule has 4 nitrogen and oxygen atoms in total. The summed E-state index contributed by atoms with van der Waals surface area (Å²) in [6.07, 6.45) is 1.27. The van der Waals surface area contributed by atoms with Crippen molar-refractivity contribution in [3.05, 3.63) is 30.1 Å². The zero-order valence-electron chi connectivity index (χ0n) is 11.3. The second-order valence-corrected chi connectivity index (χ2v) is 6.00. The summed E-state index contributed by atoms with van der Waals surface area (Å²) in [7, 11) is 0. The number of hydrogen-bond donors (Lipinski definition) is 1. The average molecular weight is 258 g/mol. The molecule has 0 spiro atoms. The molecule has 1 saturated carbocycles. The lowest BCUT2D eigenvalue weighted by molar-refractivity contribution is -0.137. The third kappa shape index (κ3) is 2.11. The van der Waals surface area contributed by atoms with Crippen molar-refractivity contribution in [2.75, 3.05) is 0 Å². The van der Waals surface area contributed by atoms with E-state index in [-0.39, 0.29) is 6.42 Å². The molecule has 4 heteroatoms. The Morgan fingerprint density at radius 2 is 2.16 bits per heavy atom. The zero-order valence-corrected chi connectivity index (χ0v) is 11.3. The number of hydrogen-bond acceptors (Lipinski definition) is 2. The van der Waals surface area contributed by atoms with E-state index >= 15 is 0 Å². The van der Waals surface area contributed by atoms with Crippen molar-refractivity contribution >= 4 is 17.0 Å². The van der Waals surface area contributed by atoms with Gasteiger partial charge in [-0.15, -0.1) is 0 Å². The number of para-hydroxylation sites is 2. The summed E-state index contributed by atoms with van der Waals surface area (Å²) in [5, 5.41) is 8.90. The van der Waals surface area contributed by atoms with Gasteiger partial charge in [0.1, 0.15) is 5.82 Å². The van der Waals surface area contributed by atoms with E-state index in [1.807, 2.05) is 24.3 Å². The SMILES string of the molecule is CC1(C)CC1c1nc2ccccc2n1CCC(=O)O. The minimum atomic E-state index is -0.765. The number of carboxylic acids is 1. The maximum Gasteiger partial charge on any atom is 0.305 e. The van der Waals surface area contributed by atoms with Crippen molar-refractivity contribution in [2.24, 2.45) is 5.41 Å². The van der Waals surface area contributed by atoms with Crippen LogP contribution in [-0.2, 0) is 11.3 Å². The largest absolute Gasteiger partial charge is 0.481 e. The molecule has 0 amide bonds. The number of aromatic nitrogens is 2. The van der Waals surface area contributed by atoms with Crippen molar-refractivity contribution in [1.82, 2.24) is 9.55 Å². The molecule has 1 unspecified atom stereocenters. The first kappa shape index (κ1) is 12.2. The van der Waals surface area contributed by atoms with Gasteiger partial charge in [-0.1, -0.05) is 26.0 Å². The van der Waals surface area contributed by atoms with Gasteiger partial charge < -0.3 is 9.67 Å². The molecule has 1 aliphatic rings. The first-order valence-electron chi connectivity index (χ1n) is 6.66. The third-order valence-corrected chi connectivity index (χ3v) is 4.06. The van der Waals surface area contributed by atoms with Crippen LogP contribution in [0.4, 0.5) is 0 Å². The van der Waals surface area contributed by atoms with Crippen molar-refractivity contribution in [3.63, 3.8) is 0 Å². The first-order chi connectivity index (χ1) is 8.99. The first-order valence-corrected chi connectivity index (χ1v) is 6.66. The Kier molecular flexibility index (Phi) is 2.62. The molecule has 0 saturated heterocycles. The van der Waals surface area contributed by atoms with E-state index in [9.17, 15) is 4.79 Å². The fourth-order valence-corrected chi connectivity index (χ4v) is 2.71. The number of fused-ring (bicyclic) bond motifs is 1. The molecule has 1 N–H and O–H groups in total. The number of rotatable bonds is 4. The Morgan fingerprint density at radius 3 is 2.79 bits per heavy atom. The molecule has 2 aromatic rings. The van der Waals surface area contributed by atoms with E-state index in [0.29, 0.717) is 17.9 Å². The molecular formula is C15H18N2O2. The van der Waals surface area contributed by atoms with Gasteiger partial charge >= 0.3 is 5.97 Å². The summed E-state index contributed by atoms with van der Waals surface area (Å²) in [4.78, 5) is 15.5. The van der Waals surface area contributed by atoms with Gasteiger partial charge in [0, 0.05) is 12.5 Å². The lowest BCUT2D eigenvalue weighted by atomic mass is 10.1. The monoisotopic (exact) mass is 258 g/mol. The van der Waals surface area contributed by atoms with Gasteiger partial charge in [0.2, 0.25) is 0 Å². The molecule has 1 aromatic heterocycles. The smallest absolute Gasteiger partial charge is 0.305 e. The van der Waals surface area contributed by atoms with E-state index in [1.54, 1.807) is 0 Å². The van der Waals surface area contributed by atoms with Gasteiger partial charge in [0.15, 0.2) is 0 Å². The second kappa shape index (κ2) is 4.08. The quantitative estimate of drug-likeness (QED) is 0.917. The lowest BCUT2D eigenvalue weighted by Gasteiger charge is -2.09. The summed E-state index contributed by atoms with van der Waals surface area (Å²) < 4.78 is 2.09. The van der Waals surface area contributed by atoms with Gasteiger partial charge in [-0.25, -0.2) is 4.98 Å². The zero-order chi connectivity index (χ0) is 13.6. The molecule has 0 aliphatic heterocycles. The second-order valence-electron chi connectivity index (χ2n) is 6.00. The highest BCUT2D eigenvalue weighted by Gasteiger charge is 2.49. The van der Waals surface area contributed by atoms with Crippen molar-refractivity contribution in [3.8, 4) is 0 Å². The molecule has 1 aliphatic carbocycles. The van der Waals surface area contributed by atoms with Crippen LogP contribution in [0.1, 0.15) is 38.4 Å². The van der Waals surface area contributed by atoms with Crippen molar-refractivity contribution < 1.29 is 9.90 Å². The molecule has 1 atom stereocenters. The number of nitrogens with zero attached hydrogens (tertiary/aromatic N) is 2. The maximum absolute atomic E-state index is 10.8. The maximum atomic E-state index is 10.8. The van der Waals surface area contributed by atoms with Crippen LogP contribution >= 0.6 is 0 Å². The molecule has 1 heterocycles. The number of benzene rings is 1. The summed E-state index contributed by atoms with van der Waals surface area (Å²) in [6, 6.07) is 7.95. The topological polar surface area (TPSA) is 55.1 Å². The summed E-state index contributed by atoms with van der Waals surface area (Å²) in [6.45, 7) is 4.97. The van der Waals surface area contributed by atoms with Crippen LogP contribution in [0.3, 0.4) is 0 Å². The van der Waals surface area contributed by atoms with Crippen LogP contribution in [0.2, 0.25) is 0 Å². The lowest BCUT2D eigenvalue weighted by Crippen LogP contribution is -2.08. The van der Waals surface area contributed by atoms with Crippen LogP contribution in [0, 0.1) is 5.41 Å². The number of imidazole rings is 1. The normalized spacial score (nSPS) is 20.6. The van der Waals surface area contributed by atoms with Gasteiger partial charge in [-0.05, 0) is 24.0 Å². The Bertz CT molecular complexity index is 643. The molecule has 19 heavy (non-hydrogen) atoms. The predicted molar refractivity (Wildman–Crippen MR) is 73.1 cm³/mol. The Labute approximate surface area is 112 Å². The minimum Gasteiger partial charge on any atom is -0.481 e. The summed E-state index contributed by atoms with van der Waals surface area (Å²) in [5.41, 5.74) is 2.30. The van der Waals surface area contributed by atoms with Gasteiger partial charge in [0.25, 0.3) is 0 Å². The van der Waals surface area contributed by atoms with E-state index in [1.165, 1.54) is 0 Å². The fraction of sp³-hybridized carbons (Fsp3) is 0.467. The Hall–Kier alpha value is -1.84. The molecule has 0 radical (unpaired) electrons. The standard InChI is InChI=1S/C15H18N2O2/c1-15(2)9-10(15)14-16-11-5-3-4-6-12(11)17(14)8-7-13(18)19/h3-6,10H,7-9H2,1-2H3,(H,18,19). The van der Waals surface area contributed by atoms with Gasteiger partial charge in [0.05, 0.1) is 17.5 Å². The molecule has 1 aromatic carbocycles. The van der Waals surface area contributed by atoms with Crippen LogP contribution in [0.25, 0.3) is 11.0 Å². The van der Waals surface area contributed by atoms with Crippen molar-refractivity contribution in [2.45, 2.75) is 39.2 Å². The molecule has 1 fully saturated rings. The highest BCUT2D eigenvalue weighted by molar-refractivity contribution is 5.76. The van der Waals surface area contributed by atoms with Gasteiger partial charge in [-0.3, -0.25) is 4.79 Å². The third-order valence-electron chi connectivity index (χ3n) is 4.06. The summed E-state index contributed by atoms with van der Waals surface area (Å²) >= 11 is 0.